The molecule has 0 N–H and O–H groups in total. The SMILES string of the molecule is c1ccc2cc(N(c3ccc4c(c3)C3(CC3)c3cccc5cccc-4c35)c3ccc4ccc5cccc6ccc3c4c56)ccc2c1. The fourth-order valence-electron chi connectivity index (χ4n) is 8.73. The Morgan fingerprint density at radius 2 is 1.00 bits per heavy atom. The second kappa shape index (κ2) is 8.74. The lowest BCUT2D eigenvalue weighted by Gasteiger charge is -2.32. The fourth-order valence-corrected chi connectivity index (χ4v) is 8.73. The molecule has 46 heavy (non-hydrogen) atoms. The highest BCUT2D eigenvalue weighted by Gasteiger charge is 2.50. The quantitative estimate of drug-likeness (QED) is 0.187. The van der Waals surface area contributed by atoms with Gasteiger partial charge in [-0.2, -0.15) is 0 Å². The highest BCUT2D eigenvalue weighted by molar-refractivity contribution is 6.25. The van der Waals surface area contributed by atoms with Gasteiger partial charge in [0.15, 0.2) is 0 Å². The summed E-state index contributed by atoms with van der Waals surface area (Å²) < 4.78 is 0. The Morgan fingerprint density at radius 1 is 0.391 bits per heavy atom. The molecule has 9 aromatic rings. The monoisotopic (exact) mass is 583 g/mol. The summed E-state index contributed by atoms with van der Waals surface area (Å²) in [6.07, 6.45) is 2.40. The Labute approximate surface area is 267 Å². The van der Waals surface area contributed by atoms with Crippen molar-refractivity contribution < 1.29 is 0 Å². The molecule has 2 aliphatic carbocycles. The molecule has 214 valence electrons. The molecule has 2 aliphatic rings. The van der Waals surface area contributed by atoms with Crippen LogP contribution in [0.15, 0.2) is 152 Å². The van der Waals surface area contributed by atoms with Crippen LogP contribution in [0.4, 0.5) is 17.1 Å². The Balaban J connectivity index is 1.21. The van der Waals surface area contributed by atoms with Gasteiger partial charge in [-0.05, 0) is 114 Å². The van der Waals surface area contributed by atoms with E-state index in [-0.39, 0.29) is 5.41 Å². The lowest BCUT2D eigenvalue weighted by Crippen LogP contribution is -2.17. The summed E-state index contributed by atoms with van der Waals surface area (Å²) in [6.45, 7) is 0. The van der Waals surface area contributed by atoms with Gasteiger partial charge in [0, 0.05) is 22.2 Å². The molecule has 1 nitrogen and oxygen atoms in total. The maximum Gasteiger partial charge on any atom is 0.0540 e. The minimum Gasteiger partial charge on any atom is -0.310 e. The Kier molecular flexibility index (Phi) is 4.68. The molecular weight excluding hydrogens is 555 g/mol. The van der Waals surface area contributed by atoms with Crippen molar-refractivity contribution >= 4 is 70.9 Å². The summed E-state index contributed by atoms with van der Waals surface area (Å²) in [6, 6.07) is 57.1. The van der Waals surface area contributed by atoms with E-state index in [9.17, 15) is 0 Å². The molecule has 0 unspecified atom stereocenters. The van der Waals surface area contributed by atoms with Crippen LogP contribution in [0.2, 0.25) is 0 Å². The summed E-state index contributed by atoms with van der Waals surface area (Å²) >= 11 is 0. The molecule has 0 bridgehead atoms. The molecule has 0 saturated heterocycles. The first-order chi connectivity index (χ1) is 22.8. The lowest BCUT2D eigenvalue weighted by molar-refractivity contribution is 0.853. The predicted molar refractivity (Wildman–Crippen MR) is 195 cm³/mol. The van der Waals surface area contributed by atoms with E-state index in [1.165, 1.54) is 106 Å². The van der Waals surface area contributed by atoms with E-state index in [0.29, 0.717) is 0 Å². The smallest absolute Gasteiger partial charge is 0.0540 e. The van der Waals surface area contributed by atoms with Gasteiger partial charge in [0.2, 0.25) is 0 Å². The van der Waals surface area contributed by atoms with Crippen LogP contribution in [0, 0.1) is 0 Å². The molecule has 0 aromatic heterocycles. The molecule has 0 atom stereocenters. The number of benzene rings is 9. The Bertz CT molecular complexity index is 2690. The van der Waals surface area contributed by atoms with Gasteiger partial charge in [-0.3, -0.25) is 0 Å². The van der Waals surface area contributed by atoms with E-state index in [1.807, 2.05) is 0 Å². The van der Waals surface area contributed by atoms with Crippen molar-refractivity contribution in [3.63, 3.8) is 0 Å². The van der Waals surface area contributed by atoms with Gasteiger partial charge in [-0.1, -0.05) is 121 Å². The van der Waals surface area contributed by atoms with Gasteiger partial charge < -0.3 is 4.90 Å². The highest BCUT2D eigenvalue weighted by atomic mass is 15.1. The van der Waals surface area contributed by atoms with Gasteiger partial charge >= 0.3 is 0 Å². The third kappa shape index (κ3) is 3.20. The van der Waals surface area contributed by atoms with Gasteiger partial charge in [0.1, 0.15) is 0 Å². The van der Waals surface area contributed by atoms with E-state index in [0.717, 1.165) is 0 Å². The van der Waals surface area contributed by atoms with Crippen molar-refractivity contribution in [3.05, 3.63) is 163 Å². The zero-order valence-electron chi connectivity index (χ0n) is 25.3. The molecule has 0 heterocycles. The minimum absolute atomic E-state index is 0.0942. The number of anilines is 3. The highest BCUT2D eigenvalue weighted by Crippen LogP contribution is 2.62. The van der Waals surface area contributed by atoms with Crippen molar-refractivity contribution in [2.24, 2.45) is 0 Å². The zero-order valence-corrected chi connectivity index (χ0v) is 25.3. The van der Waals surface area contributed by atoms with E-state index < -0.39 is 0 Å². The molecule has 0 amide bonds. The molecule has 1 spiro atoms. The van der Waals surface area contributed by atoms with Crippen LogP contribution >= 0.6 is 0 Å². The van der Waals surface area contributed by atoms with Crippen LogP contribution in [-0.2, 0) is 5.41 Å². The van der Waals surface area contributed by atoms with Gasteiger partial charge in [0.25, 0.3) is 0 Å². The van der Waals surface area contributed by atoms with E-state index in [1.54, 1.807) is 0 Å². The summed E-state index contributed by atoms with van der Waals surface area (Å²) in [7, 11) is 0. The van der Waals surface area contributed by atoms with Crippen LogP contribution in [0.25, 0.3) is 65.0 Å². The maximum atomic E-state index is 2.52. The van der Waals surface area contributed by atoms with Crippen LogP contribution < -0.4 is 4.90 Å². The third-order valence-electron chi connectivity index (χ3n) is 11.0. The average Bonchev–Trinajstić information content (AvgIpc) is 3.92. The number of rotatable bonds is 3. The van der Waals surface area contributed by atoms with E-state index in [4.69, 9.17) is 0 Å². The van der Waals surface area contributed by atoms with Gasteiger partial charge in [-0.15, -0.1) is 0 Å². The van der Waals surface area contributed by atoms with Crippen molar-refractivity contribution in [3.8, 4) is 11.1 Å². The maximum absolute atomic E-state index is 2.52. The van der Waals surface area contributed by atoms with E-state index >= 15 is 0 Å². The number of hydrogen-bond donors (Lipinski definition) is 0. The zero-order chi connectivity index (χ0) is 30.0. The minimum atomic E-state index is 0.0942. The van der Waals surface area contributed by atoms with Crippen LogP contribution in [0.1, 0.15) is 24.0 Å². The number of hydrogen-bond acceptors (Lipinski definition) is 1. The molecule has 0 aliphatic heterocycles. The van der Waals surface area contributed by atoms with Crippen LogP contribution in [-0.4, -0.2) is 0 Å². The molecule has 1 saturated carbocycles. The summed E-state index contributed by atoms with van der Waals surface area (Å²) in [5.74, 6) is 0. The number of nitrogens with zero attached hydrogens (tertiary/aromatic N) is 1. The van der Waals surface area contributed by atoms with Gasteiger partial charge in [-0.25, -0.2) is 0 Å². The summed E-state index contributed by atoms with van der Waals surface area (Å²) in [4.78, 5) is 2.51. The largest absolute Gasteiger partial charge is 0.310 e. The first kappa shape index (κ1) is 24.6. The molecule has 0 radical (unpaired) electrons. The number of fused-ring (bicyclic) bond motifs is 5. The fraction of sp³-hybridized carbons (Fsp3) is 0.0667. The van der Waals surface area contributed by atoms with Crippen molar-refractivity contribution in [2.45, 2.75) is 18.3 Å². The van der Waals surface area contributed by atoms with E-state index in [2.05, 4.69) is 157 Å². The normalized spacial score (nSPS) is 14.5. The molecule has 9 aromatic carbocycles. The Morgan fingerprint density at radius 3 is 1.83 bits per heavy atom. The van der Waals surface area contributed by atoms with Crippen molar-refractivity contribution in [1.82, 2.24) is 0 Å². The van der Waals surface area contributed by atoms with Crippen molar-refractivity contribution in [1.29, 1.82) is 0 Å². The molecule has 1 fully saturated rings. The molecular formula is C45H29N. The second-order valence-corrected chi connectivity index (χ2v) is 13.3. The first-order valence-electron chi connectivity index (χ1n) is 16.4. The topological polar surface area (TPSA) is 3.24 Å². The van der Waals surface area contributed by atoms with Gasteiger partial charge in [0.05, 0.1) is 5.69 Å². The van der Waals surface area contributed by atoms with Crippen LogP contribution in [0.3, 0.4) is 0 Å². The third-order valence-corrected chi connectivity index (χ3v) is 11.0. The molecule has 11 rings (SSSR count). The second-order valence-electron chi connectivity index (χ2n) is 13.3. The molecule has 1 heteroatoms. The Hall–Kier alpha value is -5.66. The van der Waals surface area contributed by atoms with Crippen molar-refractivity contribution in [2.75, 3.05) is 4.90 Å². The lowest BCUT2D eigenvalue weighted by atomic mass is 9.74. The summed E-state index contributed by atoms with van der Waals surface area (Å²) in [5, 5.41) is 13.2. The predicted octanol–water partition coefficient (Wildman–Crippen LogP) is 12.4. The average molecular weight is 584 g/mol. The summed E-state index contributed by atoms with van der Waals surface area (Å²) in [5.41, 5.74) is 9.43. The first-order valence-corrected chi connectivity index (χ1v) is 16.4. The van der Waals surface area contributed by atoms with Crippen LogP contribution in [0.5, 0.6) is 0 Å². The standard InChI is InChI=1S/C45H29N/c1-2-7-33-26-34(19-16-28(33)6-1)46(41-23-18-32-15-14-30-8-3-9-31-17-21-38(41)44(32)42(30)31)35-20-22-36-37-12-4-10-29-11-5-13-39(43(29)37)45(24-25-45)40(36)27-35/h1-23,26-27H,24-25H2.